The van der Waals surface area contributed by atoms with E-state index in [1.807, 2.05) is 0 Å². The predicted molar refractivity (Wildman–Crippen MR) is 50.4 cm³/mol. The topological polar surface area (TPSA) is 37.3 Å². The number of rotatable bonds is 4. The Hall–Kier alpha value is -0.740. The van der Waals surface area contributed by atoms with Gasteiger partial charge < -0.3 is 4.55 Å². The normalized spacial score (nSPS) is 12.8. The van der Waals surface area contributed by atoms with Crippen molar-refractivity contribution in [3.8, 4) is 0 Å². The summed E-state index contributed by atoms with van der Waals surface area (Å²) < 4.78 is 31.2. The minimum absolute atomic E-state index is 0.255. The molecule has 1 aromatic carbocycles. The van der Waals surface area contributed by atoms with E-state index in [0.29, 0.717) is 12.8 Å². The maximum Gasteiger partial charge on any atom is 0.152 e. The summed E-state index contributed by atoms with van der Waals surface area (Å²) in [6.45, 7) is 0. The van der Waals surface area contributed by atoms with Gasteiger partial charge in [0.15, 0.2) is 11.1 Å². The zero-order valence-corrected chi connectivity index (χ0v) is 7.89. The van der Waals surface area contributed by atoms with E-state index in [1.54, 1.807) is 12.1 Å². The largest absolute Gasteiger partial charge is 0.306 e. The fourth-order valence-corrected chi connectivity index (χ4v) is 1.44. The van der Waals surface area contributed by atoms with Gasteiger partial charge in [-0.3, -0.25) is 0 Å². The molecule has 1 atom stereocenters. The molecule has 0 aliphatic rings. The highest BCUT2D eigenvalue weighted by Crippen LogP contribution is 2.05. The van der Waals surface area contributed by atoms with Gasteiger partial charge in [0.05, 0.1) is 0 Å². The van der Waals surface area contributed by atoms with E-state index >= 15 is 0 Å². The Labute approximate surface area is 79.1 Å². The van der Waals surface area contributed by atoms with Gasteiger partial charge in [0.25, 0.3) is 0 Å². The average molecular weight is 202 g/mol. The Morgan fingerprint density at radius 2 is 1.92 bits per heavy atom. The molecule has 1 N–H and O–H groups in total. The highest BCUT2D eigenvalue weighted by atomic mass is 32.2. The highest BCUT2D eigenvalue weighted by Gasteiger charge is 1.96. The van der Waals surface area contributed by atoms with Crippen LogP contribution in [0.1, 0.15) is 12.0 Å². The molecule has 0 fully saturated rings. The molecule has 0 heterocycles. The molecule has 0 amide bonds. The van der Waals surface area contributed by atoms with Crippen molar-refractivity contribution in [2.24, 2.45) is 0 Å². The Morgan fingerprint density at radius 1 is 1.31 bits per heavy atom. The molecule has 0 radical (unpaired) electrons. The first-order valence-electron chi connectivity index (χ1n) is 4.00. The SMILES string of the molecule is O=S(O)CCCc1ccc(F)cc1. The average Bonchev–Trinajstić information content (AvgIpc) is 2.08. The van der Waals surface area contributed by atoms with Crippen LogP contribution in [0.25, 0.3) is 0 Å². The highest BCUT2D eigenvalue weighted by molar-refractivity contribution is 7.79. The molecule has 0 aliphatic heterocycles. The number of halogens is 1. The number of hydrogen-bond donors (Lipinski definition) is 1. The summed E-state index contributed by atoms with van der Waals surface area (Å²) >= 11 is -1.72. The van der Waals surface area contributed by atoms with Crippen LogP contribution in [0.2, 0.25) is 0 Å². The number of aryl methyl sites for hydroxylation is 1. The van der Waals surface area contributed by atoms with Crippen LogP contribution in [0, 0.1) is 5.82 Å². The van der Waals surface area contributed by atoms with Gasteiger partial charge >= 0.3 is 0 Å². The van der Waals surface area contributed by atoms with Crippen LogP contribution in [0.5, 0.6) is 0 Å². The van der Waals surface area contributed by atoms with Gasteiger partial charge in [0, 0.05) is 5.75 Å². The van der Waals surface area contributed by atoms with Crippen LogP contribution >= 0.6 is 0 Å². The first-order valence-corrected chi connectivity index (χ1v) is 5.28. The van der Waals surface area contributed by atoms with Gasteiger partial charge in [-0.25, -0.2) is 8.60 Å². The van der Waals surface area contributed by atoms with Crippen LogP contribution < -0.4 is 0 Å². The van der Waals surface area contributed by atoms with Crippen LogP contribution in [-0.4, -0.2) is 14.5 Å². The van der Waals surface area contributed by atoms with Crippen LogP contribution in [0.4, 0.5) is 4.39 Å². The van der Waals surface area contributed by atoms with Crippen LogP contribution in [0.3, 0.4) is 0 Å². The summed E-state index contributed by atoms with van der Waals surface area (Å²) in [5, 5.41) is 0. The van der Waals surface area contributed by atoms with Crippen molar-refractivity contribution in [2.45, 2.75) is 12.8 Å². The Kier molecular flexibility index (Phi) is 4.05. The first kappa shape index (κ1) is 10.3. The van der Waals surface area contributed by atoms with Crippen molar-refractivity contribution in [2.75, 3.05) is 5.75 Å². The second-order valence-electron chi connectivity index (χ2n) is 2.76. The second kappa shape index (κ2) is 5.09. The Bertz CT molecular complexity index is 284. The van der Waals surface area contributed by atoms with Gasteiger partial charge in [0.1, 0.15) is 5.82 Å². The van der Waals surface area contributed by atoms with Crippen molar-refractivity contribution in [1.29, 1.82) is 0 Å². The second-order valence-corrected chi connectivity index (χ2v) is 3.81. The first-order chi connectivity index (χ1) is 6.18. The van der Waals surface area contributed by atoms with Crippen LogP contribution in [0.15, 0.2) is 24.3 Å². The summed E-state index contributed by atoms with van der Waals surface area (Å²) in [6.07, 6.45) is 1.36. The molecule has 0 saturated carbocycles. The standard InChI is InChI=1S/C9H11FO2S/c10-9-5-3-8(4-6-9)2-1-7-13(11)12/h3-6H,1-2,7H2,(H,11,12). The third-order valence-corrected chi connectivity index (χ3v) is 2.34. The lowest BCUT2D eigenvalue weighted by Crippen LogP contribution is -1.96. The summed E-state index contributed by atoms with van der Waals surface area (Å²) in [5.41, 5.74) is 0.992. The molecule has 1 unspecified atom stereocenters. The third-order valence-electron chi connectivity index (χ3n) is 1.70. The third kappa shape index (κ3) is 4.15. The van der Waals surface area contributed by atoms with Gasteiger partial charge in [0.2, 0.25) is 0 Å². The fraction of sp³-hybridized carbons (Fsp3) is 0.333. The molecule has 4 heteroatoms. The maximum absolute atomic E-state index is 12.4. The van der Waals surface area contributed by atoms with E-state index in [1.165, 1.54) is 12.1 Å². The van der Waals surface area contributed by atoms with E-state index in [2.05, 4.69) is 0 Å². The van der Waals surface area contributed by atoms with Gasteiger partial charge in [-0.15, -0.1) is 0 Å². The lowest BCUT2D eigenvalue weighted by molar-refractivity contribution is 0.561. The molecular formula is C9H11FO2S. The summed E-state index contributed by atoms with van der Waals surface area (Å²) in [7, 11) is 0. The molecule has 1 aromatic rings. The maximum atomic E-state index is 12.4. The zero-order valence-electron chi connectivity index (χ0n) is 7.07. The predicted octanol–water partition coefficient (Wildman–Crippen LogP) is 1.98. The van der Waals surface area contributed by atoms with Crippen molar-refractivity contribution < 1.29 is 13.2 Å². The van der Waals surface area contributed by atoms with E-state index in [-0.39, 0.29) is 11.6 Å². The molecule has 0 spiro atoms. The summed E-state index contributed by atoms with van der Waals surface area (Å²) in [5.74, 6) is 0.0201. The van der Waals surface area contributed by atoms with Gasteiger partial charge in [-0.05, 0) is 30.5 Å². The minimum Gasteiger partial charge on any atom is -0.306 e. The van der Waals surface area contributed by atoms with Crippen molar-refractivity contribution >= 4 is 11.1 Å². The zero-order chi connectivity index (χ0) is 9.68. The van der Waals surface area contributed by atoms with Crippen molar-refractivity contribution in [3.63, 3.8) is 0 Å². The number of hydrogen-bond acceptors (Lipinski definition) is 1. The quantitative estimate of drug-likeness (QED) is 0.758. The molecule has 13 heavy (non-hydrogen) atoms. The smallest absolute Gasteiger partial charge is 0.152 e. The Balaban J connectivity index is 2.37. The monoisotopic (exact) mass is 202 g/mol. The number of benzene rings is 1. The molecule has 0 aromatic heterocycles. The van der Waals surface area contributed by atoms with E-state index in [0.717, 1.165) is 5.56 Å². The lowest BCUT2D eigenvalue weighted by Gasteiger charge is -1.98. The van der Waals surface area contributed by atoms with Crippen molar-refractivity contribution in [1.82, 2.24) is 0 Å². The van der Waals surface area contributed by atoms with E-state index in [4.69, 9.17) is 4.55 Å². The lowest BCUT2D eigenvalue weighted by atomic mass is 10.1. The fourth-order valence-electron chi connectivity index (χ4n) is 1.05. The molecular weight excluding hydrogens is 191 g/mol. The minimum atomic E-state index is -1.72. The molecule has 72 valence electrons. The van der Waals surface area contributed by atoms with Crippen molar-refractivity contribution in [3.05, 3.63) is 35.6 Å². The summed E-state index contributed by atoms with van der Waals surface area (Å²) in [4.78, 5) is 0. The molecule has 0 aliphatic carbocycles. The summed E-state index contributed by atoms with van der Waals surface area (Å²) in [6, 6.07) is 6.17. The van der Waals surface area contributed by atoms with E-state index in [9.17, 15) is 8.60 Å². The van der Waals surface area contributed by atoms with E-state index < -0.39 is 11.1 Å². The Morgan fingerprint density at radius 3 is 2.46 bits per heavy atom. The van der Waals surface area contributed by atoms with Gasteiger partial charge in [-0.2, -0.15) is 0 Å². The molecule has 0 bridgehead atoms. The molecule has 1 rings (SSSR count). The molecule has 0 saturated heterocycles. The van der Waals surface area contributed by atoms with Crippen LogP contribution in [-0.2, 0) is 17.5 Å². The van der Waals surface area contributed by atoms with Gasteiger partial charge in [-0.1, -0.05) is 12.1 Å². The molecule has 2 nitrogen and oxygen atoms in total.